The number of unbranched alkanes of at least 4 members (excludes halogenated alkanes) is 2. The molecule has 0 saturated carbocycles. The minimum atomic E-state index is -3.85. The van der Waals surface area contributed by atoms with Gasteiger partial charge in [-0.25, -0.2) is 8.42 Å². The van der Waals surface area contributed by atoms with Crippen LogP contribution in [0.1, 0.15) is 26.2 Å². The summed E-state index contributed by atoms with van der Waals surface area (Å²) in [7, 11) is -3.85. The van der Waals surface area contributed by atoms with E-state index in [-0.39, 0.29) is 23.8 Å². The molecule has 0 saturated heterocycles. The topological polar surface area (TPSA) is 92.5 Å². The zero-order chi connectivity index (χ0) is 20.0. The molecule has 0 atom stereocenters. The second kappa shape index (κ2) is 8.99. The van der Waals surface area contributed by atoms with Crippen LogP contribution in [-0.2, 0) is 14.8 Å². The third-order valence-electron chi connectivity index (χ3n) is 4.40. The molecule has 0 aliphatic rings. The largest absolute Gasteiger partial charge is 0.363 e. The molecule has 3 aromatic rings. The van der Waals surface area contributed by atoms with Gasteiger partial charge < -0.3 is 9.84 Å². The summed E-state index contributed by atoms with van der Waals surface area (Å²) in [6.07, 6.45) is 3.85. The fraction of sp³-hybridized carbons (Fsp3) is 0.300. The molecule has 7 nitrogen and oxygen atoms in total. The normalized spacial score (nSPS) is 11.8. The number of aromatic nitrogens is 1. The van der Waals surface area contributed by atoms with E-state index in [2.05, 4.69) is 15.0 Å². The SMILES string of the molecule is CCCCCN(CC(=O)Nc1ccon1)S(=O)(=O)c1cccc2ccccc12. The zero-order valence-corrected chi connectivity index (χ0v) is 16.5. The van der Waals surface area contributed by atoms with Gasteiger partial charge in [0, 0.05) is 18.0 Å². The number of nitrogens with zero attached hydrogens (tertiary/aromatic N) is 2. The van der Waals surface area contributed by atoms with Gasteiger partial charge in [0.2, 0.25) is 15.9 Å². The average molecular weight is 401 g/mol. The molecule has 1 amide bonds. The summed E-state index contributed by atoms with van der Waals surface area (Å²) in [6.45, 7) is 2.02. The van der Waals surface area contributed by atoms with Crippen molar-refractivity contribution in [2.45, 2.75) is 31.1 Å². The van der Waals surface area contributed by atoms with Gasteiger partial charge in [-0.3, -0.25) is 4.79 Å². The number of amides is 1. The Balaban J connectivity index is 1.89. The van der Waals surface area contributed by atoms with Crippen molar-refractivity contribution < 1.29 is 17.7 Å². The molecular formula is C20H23N3O4S. The summed E-state index contributed by atoms with van der Waals surface area (Å²) in [5.41, 5.74) is 0. The van der Waals surface area contributed by atoms with Crippen LogP contribution in [0.3, 0.4) is 0 Å². The monoisotopic (exact) mass is 401 g/mol. The van der Waals surface area contributed by atoms with Crippen LogP contribution >= 0.6 is 0 Å². The molecule has 0 aliphatic heterocycles. The Morgan fingerprint density at radius 3 is 2.64 bits per heavy atom. The number of anilines is 1. The first-order valence-electron chi connectivity index (χ1n) is 9.20. The molecule has 2 aromatic carbocycles. The van der Waals surface area contributed by atoms with E-state index >= 15 is 0 Å². The van der Waals surface area contributed by atoms with Gasteiger partial charge in [0.15, 0.2) is 5.82 Å². The van der Waals surface area contributed by atoms with Crippen molar-refractivity contribution in [2.75, 3.05) is 18.4 Å². The highest BCUT2D eigenvalue weighted by molar-refractivity contribution is 7.89. The van der Waals surface area contributed by atoms with Gasteiger partial charge in [0.25, 0.3) is 0 Å². The van der Waals surface area contributed by atoms with Gasteiger partial charge >= 0.3 is 0 Å². The Bertz CT molecular complexity index is 1030. The number of hydrogen-bond donors (Lipinski definition) is 1. The van der Waals surface area contributed by atoms with Crippen molar-refractivity contribution in [3.05, 3.63) is 54.8 Å². The fourth-order valence-corrected chi connectivity index (χ4v) is 4.65. The second-order valence-electron chi connectivity index (χ2n) is 6.46. The van der Waals surface area contributed by atoms with Crippen LogP contribution in [0.15, 0.2) is 64.2 Å². The molecule has 0 bridgehead atoms. The van der Waals surface area contributed by atoms with E-state index in [9.17, 15) is 13.2 Å². The maximum Gasteiger partial charge on any atom is 0.244 e. The number of hydrogen-bond acceptors (Lipinski definition) is 5. The van der Waals surface area contributed by atoms with E-state index < -0.39 is 15.9 Å². The number of carbonyl (C=O) groups is 1. The summed E-state index contributed by atoms with van der Waals surface area (Å²) in [5.74, 6) is -0.213. The van der Waals surface area contributed by atoms with Crippen LogP contribution in [0.25, 0.3) is 10.8 Å². The molecule has 0 fully saturated rings. The maximum absolute atomic E-state index is 13.4. The highest BCUT2D eigenvalue weighted by atomic mass is 32.2. The van der Waals surface area contributed by atoms with Gasteiger partial charge in [-0.05, 0) is 17.9 Å². The molecule has 28 heavy (non-hydrogen) atoms. The predicted octanol–water partition coefficient (Wildman–Crippen LogP) is 3.65. The number of benzene rings is 2. The van der Waals surface area contributed by atoms with Crippen LogP contribution in [0.5, 0.6) is 0 Å². The molecule has 1 heterocycles. The first-order chi connectivity index (χ1) is 13.5. The number of fused-ring (bicyclic) bond motifs is 1. The predicted molar refractivity (Wildman–Crippen MR) is 107 cm³/mol. The summed E-state index contributed by atoms with van der Waals surface area (Å²) in [4.78, 5) is 12.6. The first-order valence-corrected chi connectivity index (χ1v) is 10.6. The molecule has 0 aliphatic carbocycles. The van der Waals surface area contributed by atoms with Crippen molar-refractivity contribution in [3.8, 4) is 0 Å². The Hall–Kier alpha value is -2.71. The van der Waals surface area contributed by atoms with E-state index in [1.807, 2.05) is 25.1 Å². The standard InChI is InChI=1S/C20H23N3O4S/c1-2-3-6-13-23(15-20(24)21-19-12-14-27-22-19)28(25,26)18-11-7-9-16-8-4-5-10-17(16)18/h4-5,7-12,14H,2-3,6,13,15H2,1H3,(H,21,22,24). The molecule has 148 valence electrons. The Kier molecular flexibility index (Phi) is 6.43. The highest BCUT2D eigenvalue weighted by Crippen LogP contribution is 2.26. The number of nitrogens with one attached hydrogen (secondary N) is 1. The first kappa shape index (κ1) is 20.0. The Morgan fingerprint density at radius 1 is 1.11 bits per heavy atom. The summed E-state index contributed by atoms with van der Waals surface area (Å²) in [6, 6.07) is 14.0. The zero-order valence-electron chi connectivity index (χ0n) is 15.7. The number of sulfonamides is 1. The minimum Gasteiger partial charge on any atom is -0.363 e. The van der Waals surface area contributed by atoms with Gasteiger partial charge in [-0.1, -0.05) is 61.3 Å². The highest BCUT2D eigenvalue weighted by Gasteiger charge is 2.28. The van der Waals surface area contributed by atoms with Crippen LogP contribution in [-0.4, -0.2) is 36.9 Å². The number of carbonyl (C=O) groups excluding carboxylic acids is 1. The molecule has 3 rings (SSSR count). The van der Waals surface area contributed by atoms with Gasteiger partial charge in [-0.15, -0.1) is 0 Å². The minimum absolute atomic E-state index is 0.205. The van der Waals surface area contributed by atoms with Gasteiger partial charge in [0.05, 0.1) is 11.4 Å². The quantitative estimate of drug-likeness (QED) is 0.553. The third-order valence-corrected chi connectivity index (χ3v) is 6.31. The molecule has 0 spiro atoms. The second-order valence-corrected chi connectivity index (χ2v) is 8.36. The van der Waals surface area contributed by atoms with Crippen LogP contribution in [0.4, 0.5) is 5.82 Å². The lowest BCUT2D eigenvalue weighted by atomic mass is 10.1. The summed E-state index contributed by atoms with van der Waals surface area (Å²) >= 11 is 0. The van der Waals surface area contributed by atoms with E-state index in [1.54, 1.807) is 24.3 Å². The molecule has 8 heteroatoms. The van der Waals surface area contributed by atoms with Crippen LogP contribution in [0.2, 0.25) is 0 Å². The fourth-order valence-electron chi connectivity index (χ4n) is 3.00. The van der Waals surface area contributed by atoms with Gasteiger partial charge in [-0.2, -0.15) is 4.31 Å². The Labute approximate surface area is 164 Å². The lowest BCUT2D eigenvalue weighted by Gasteiger charge is -2.22. The van der Waals surface area contributed by atoms with Crippen LogP contribution in [0, 0.1) is 0 Å². The van der Waals surface area contributed by atoms with Crippen molar-refractivity contribution in [1.82, 2.24) is 9.46 Å². The third kappa shape index (κ3) is 4.58. The maximum atomic E-state index is 13.4. The van der Waals surface area contributed by atoms with E-state index in [0.29, 0.717) is 11.8 Å². The lowest BCUT2D eigenvalue weighted by Crippen LogP contribution is -2.38. The Morgan fingerprint density at radius 2 is 1.89 bits per heavy atom. The molecule has 1 N–H and O–H groups in total. The van der Waals surface area contributed by atoms with Crippen molar-refractivity contribution in [1.29, 1.82) is 0 Å². The van der Waals surface area contributed by atoms with E-state index in [0.717, 1.165) is 18.2 Å². The summed E-state index contributed by atoms with van der Waals surface area (Å²) < 4.78 is 32.7. The van der Waals surface area contributed by atoms with Gasteiger partial charge in [0.1, 0.15) is 6.26 Å². The molecule has 1 aromatic heterocycles. The smallest absolute Gasteiger partial charge is 0.244 e. The van der Waals surface area contributed by atoms with E-state index in [4.69, 9.17) is 0 Å². The number of rotatable bonds is 9. The van der Waals surface area contributed by atoms with Crippen molar-refractivity contribution >= 4 is 32.5 Å². The molecular weight excluding hydrogens is 378 g/mol. The molecule has 0 unspecified atom stereocenters. The lowest BCUT2D eigenvalue weighted by molar-refractivity contribution is -0.116. The van der Waals surface area contributed by atoms with Crippen LogP contribution < -0.4 is 5.32 Å². The van der Waals surface area contributed by atoms with E-state index in [1.165, 1.54) is 16.6 Å². The molecule has 0 radical (unpaired) electrons. The average Bonchev–Trinajstić information content (AvgIpc) is 3.19. The van der Waals surface area contributed by atoms with Crippen molar-refractivity contribution in [2.24, 2.45) is 0 Å². The summed E-state index contributed by atoms with van der Waals surface area (Å²) in [5, 5.41) is 7.66. The van der Waals surface area contributed by atoms with Crippen molar-refractivity contribution in [3.63, 3.8) is 0 Å².